The van der Waals surface area contributed by atoms with Crippen LogP contribution in [0.3, 0.4) is 0 Å². The first kappa shape index (κ1) is 18.6. The number of nitrogens with zero attached hydrogens (tertiary/aromatic N) is 3. The zero-order valence-electron chi connectivity index (χ0n) is 13.7. The second-order valence-electron chi connectivity index (χ2n) is 6.47. The van der Waals surface area contributed by atoms with Gasteiger partial charge in [-0.1, -0.05) is 23.2 Å². The number of carbonyl (C=O) groups excluding carboxylic acids is 1. The molecule has 0 atom stereocenters. The SMILES string of the molecule is CC(C)(C)OC(=O)N1CCN(c2c(Cl)cc([N+](=O)[O-])cc2Cl)CC1. The van der Waals surface area contributed by atoms with E-state index in [1.807, 2.05) is 25.7 Å². The minimum absolute atomic E-state index is 0.152. The third kappa shape index (κ3) is 4.42. The number of anilines is 1. The number of halogens is 2. The van der Waals surface area contributed by atoms with Crippen molar-refractivity contribution in [3.63, 3.8) is 0 Å². The van der Waals surface area contributed by atoms with Gasteiger partial charge in [0.1, 0.15) is 5.60 Å². The lowest BCUT2D eigenvalue weighted by atomic mass is 10.2. The highest BCUT2D eigenvalue weighted by Gasteiger charge is 2.28. The van der Waals surface area contributed by atoms with Gasteiger partial charge in [-0.2, -0.15) is 0 Å². The predicted molar refractivity (Wildman–Crippen MR) is 93.1 cm³/mol. The van der Waals surface area contributed by atoms with Crippen molar-refractivity contribution in [3.8, 4) is 0 Å². The molecule has 0 unspecified atom stereocenters. The molecule has 1 aliphatic rings. The van der Waals surface area contributed by atoms with E-state index < -0.39 is 10.5 Å². The van der Waals surface area contributed by atoms with E-state index in [0.717, 1.165) is 0 Å². The fourth-order valence-corrected chi connectivity index (χ4v) is 3.11. The van der Waals surface area contributed by atoms with Crippen LogP contribution in [0.2, 0.25) is 10.0 Å². The number of non-ortho nitro benzene ring substituents is 1. The molecular weight excluding hydrogens is 357 g/mol. The van der Waals surface area contributed by atoms with Crippen molar-refractivity contribution >= 4 is 40.7 Å². The van der Waals surface area contributed by atoms with Crippen molar-refractivity contribution in [2.24, 2.45) is 0 Å². The van der Waals surface area contributed by atoms with E-state index in [0.29, 0.717) is 31.9 Å². The van der Waals surface area contributed by atoms with Crippen LogP contribution in [0.4, 0.5) is 16.2 Å². The molecule has 0 radical (unpaired) electrons. The molecule has 132 valence electrons. The Hall–Kier alpha value is -1.73. The fourth-order valence-electron chi connectivity index (χ4n) is 2.40. The van der Waals surface area contributed by atoms with Gasteiger partial charge >= 0.3 is 6.09 Å². The van der Waals surface area contributed by atoms with Crippen LogP contribution in [-0.2, 0) is 4.74 Å². The van der Waals surface area contributed by atoms with Crippen LogP contribution in [0, 0.1) is 10.1 Å². The Morgan fingerprint density at radius 2 is 1.67 bits per heavy atom. The van der Waals surface area contributed by atoms with Gasteiger partial charge in [0.2, 0.25) is 0 Å². The highest BCUT2D eigenvalue weighted by atomic mass is 35.5. The monoisotopic (exact) mass is 375 g/mol. The first-order valence-electron chi connectivity index (χ1n) is 7.45. The van der Waals surface area contributed by atoms with Crippen LogP contribution in [0.1, 0.15) is 20.8 Å². The summed E-state index contributed by atoms with van der Waals surface area (Å²) in [7, 11) is 0. The normalized spacial score (nSPS) is 15.4. The Labute approximate surface area is 150 Å². The Morgan fingerprint density at radius 1 is 1.17 bits per heavy atom. The van der Waals surface area contributed by atoms with Gasteiger partial charge in [-0.3, -0.25) is 10.1 Å². The molecule has 9 heteroatoms. The lowest BCUT2D eigenvalue weighted by molar-refractivity contribution is -0.384. The van der Waals surface area contributed by atoms with Gasteiger partial charge in [-0.25, -0.2) is 4.79 Å². The molecule has 1 heterocycles. The second kappa shape index (κ2) is 7.03. The third-order valence-electron chi connectivity index (χ3n) is 3.46. The van der Waals surface area contributed by atoms with Crippen LogP contribution in [0.5, 0.6) is 0 Å². The average molecular weight is 376 g/mol. The summed E-state index contributed by atoms with van der Waals surface area (Å²) in [4.78, 5) is 25.9. The maximum Gasteiger partial charge on any atom is 0.410 e. The minimum atomic E-state index is -0.542. The topological polar surface area (TPSA) is 75.9 Å². The number of hydrogen-bond acceptors (Lipinski definition) is 5. The lowest BCUT2D eigenvalue weighted by Crippen LogP contribution is -2.50. The molecule has 0 saturated carbocycles. The van der Waals surface area contributed by atoms with Crippen LogP contribution in [0.25, 0.3) is 0 Å². The molecule has 1 saturated heterocycles. The molecule has 1 amide bonds. The van der Waals surface area contributed by atoms with Crippen molar-refractivity contribution < 1.29 is 14.5 Å². The number of nitro benzene ring substituents is 1. The number of hydrogen-bond donors (Lipinski definition) is 0. The molecule has 1 aliphatic heterocycles. The summed E-state index contributed by atoms with van der Waals surface area (Å²) in [5, 5.41) is 11.3. The van der Waals surface area contributed by atoms with E-state index >= 15 is 0 Å². The number of nitro groups is 1. The summed E-state index contributed by atoms with van der Waals surface area (Å²) < 4.78 is 5.35. The van der Waals surface area contributed by atoms with Crippen LogP contribution in [-0.4, -0.2) is 47.7 Å². The molecule has 0 bridgehead atoms. The Kier molecular flexibility index (Phi) is 5.45. The number of rotatable bonds is 2. The molecular formula is C15H19Cl2N3O4. The summed E-state index contributed by atoms with van der Waals surface area (Å²) in [5.41, 5.74) is -0.145. The lowest BCUT2D eigenvalue weighted by Gasteiger charge is -2.37. The average Bonchev–Trinajstić information content (AvgIpc) is 2.45. The zero-order chi connectivity index (χ0) is 18.1. The maximum absolute atomic E-state index is 12.1. The molecule has 2 rings (SSSR count). The third-order valence-corrected chi connectivity index (χ3v) is 4.04. The number of amides is 1. The summed E-state index contributed by atoms with van der Waals surface area (Å²) in [6.45, 7) is 7.39. The Morgan fingerprint density at radius 3 is 2.08 bits per heavy atom. The molecule has 0 aromatic heterocycles. The van der Waals surface area contributed by atoms with E-state index in [4.69, 9.17) is 27.9 Å². The van der Waals surface area contributed by atoms with Gasteiger partial charge in [0, 0.05) is 38.3 Å². The van der Waals surface area contributed by atoms with Crippen LogP contribution < -0.4 is 4.90 Å². The molecule has 1 aromatic rings. The smallest absolute Gasteiger partial charge is 0.410 e. The maximum atomic E-state index is 12.1. The van der Waals surface area contributed by atoms with E-state index in [-0.39, 0.29) is 21.8 Å². The molecule has 0 N–H and O–H groups in total. The van der Waals surface area contributed by atoms with Gasteiger partial charge in [0.25, 0.3) is 5.69 Å². The van der Waals surface area contributed by atoms with E-state index in [1.165, 1.54) is 12.1 Å². The quantitative estimate of drug-likeness (QED) is 0.577. The summed E-state index contributed by atoms with van der Waals surface area (Å²) in [5.74, 6) is 0. The largest absolute Gasteiger partial charge is 0.444 e. The van der Waals surface area contributed by atoms with Gasteiger partial charge in [0.05, 0.1) is 20.7 Å². The minimum Gasteiger partial charge on any atom is -0.444 e. The van der Waals surface area contributed by atoms with Crippen molar-refractivity contribution in [3.05, 3.63) is 32.3 Å². The molecule has 0 spiro atoms. The van der Waals surface area contributed by atoms with Gasteiger partial charge in [0.15, 0.2) is 0 Å². The van der Waals surface area contributed by atoms with E-state index in [1.54, 1.807) is 4.90 Å². The molecule has 0 aliphatic carbocycles. The van der Waals surface area contributed by atoms with Gasteiger partial charge < -0.3 is 14.5 Å². The molecule has 1 fully saturated rings. The zero-order valence-corrected chi connectivity index (χ0v) is 15.2. The number of piperazine rings is 1. The highest BCUT2D eigenvalue weighted by molar-refractivity contribution is 6.39. The first-order valence-corrected chi connectivity index (χ1v) is 8.20. The standard InChI is InChI=1S/C15H19Cl2N3O4/c1-15(2,3)24-14(21)19-6-4-18(5-7-19)13-11(16)8-10(20(22)23)9-12(13)17/h8-9H,4-7H2,1-3H3. The van der Waals surface area contributed by atoms with Crippen molar-refractivity contribution in [1.82, 2.24) is 4.90 Å². The predicted octanol–water partition coefficient (Wildman–Crippen LogP) is 3.96. The Bertz CT molecular complexity index is 630. The summed E-state index contributed by atoms with van der Waals surface area (Å²) in [6, 6.07) is 2.56. The summed E-state index contributed by atoms with van der Waals surface area (Å²) in [6.07, 6.45) is -0.358. The van der Waals surface area contributed by atoms with Crippen LogP contribution >= 0.6 is 23.2 Å². The van der Waals surface area contributed by atoms with Gasteiger partial charge in [-0.05, 0) is 20.8 Å². The van der Waals surface area contributed by atoms with Crippen molar-refractivity contribution in [2.75, 3.05) is 31.1 Å². The fraction of sp³-hybridized carbons (Fsp3) is 0.533. The highest BCUT2D eigenvalue weighted by Crippen LogP contribution is 2.37. The summed E-state index contributed by atoms with van der Waals surface area (Å²) >= 11 is 12.3. The first-order chi connectivity index (χ1) is 11.1. The Balaban J connectivity index is 2.07. The number of ether oxygens (including phenoxy) is 1. The van der Waals surface area contributed by atoms with Gasteiger partial charge in [-0.15, -0.1) is 0 Å². The number of benzene rings is 1. The molecule has 24 heavy (non-hydrogen) atoms. The van der Waals surface area contributed by atoms with E-state index in [9.17, 15) is 14.9 Å². The molecule has 7 nitrogen and oxygen atoms in total. The number of carbonyl (C=O) groups is 1. The molecule has 1 aromatic carbocycles. The van der Waals surface area contributed by atoms with Crippen LogP contribution in [0.15, 0.2) is 12.1 Å². The van der Waals surface area contributed by atoms with Crippen molar-refractivity contribution in [1.29, 1.82) is 0 Å². The van der Waals surface area contributed by atoms with Crippen molar-refractivity contribution in [2.45, 2.75) is 26.4 Å². The second-order valence-corrected chi connectivity index (χ2v) is 7.28. The van der Waals surface area contributed by atoms with E-state index in [2.05, 4.69) is 0 Å².